The van der Waals surface area contributed by atoms with Crippen molar-refractivity contribution in [2.75, 3.05) is 6.61 Å². The lowest BCUT2D eigenvalue weighted by Crippen LogP contribution is -2.01. The third-order valence-corrected chi connectivity index (χ3v) is 1.54. The summed E-state index contributed by atoms with van der Waals surface area (Å²) in [6.07, 6.45) is 9.31. The van der Waals surface area contributed by atoms with Crippen LogP contribution in [0.25, 0.3) is 0 Å². The fraction of sp³-hybridized carbons (Fsp3) is 0.545. The number of allylic oxidation sites excluding steroid dienone is 2. The number of carbonyl (C=O) groups is 1. The Kier molecular flexibility index (Phi) is 8.31. The van der Waals surface area contributed by atoms with Gasteiger partial charge < -0.3 is 4.74 Å². The van der Waals surface area contributed by atoms with E-state index in [0.717, 1.165) is 19.3 Å². The molecule has 0 N–H and O–H groups in total. The molecule has 0 heterocycles. The Morgan fingerprint density at radius 1 is 1.38 bits per heavy atom. The fourth-order valence-corrected chi connectivity index (χ4v) is 0.897. The summed E-state index contributed by atoms with van der Waals surface area (Å²) in [4.78, 5) is 10.8. The lowest BCUT2D eigenvalue weighted by atomic mass is 10.2. The van der Waals surface area contributed by atoms with Gasteiger partial charge in [0.1, 0.15) is 0 Å². The second-order valence-corrected chi connectivity index (χ2v) is 2.70. The molecule has 0 aliphatic heterocycles. The van der Waals surface area contributed by atoms with Crippen molar-refractivity contribution in [3.05, 3.63) is 24.8 Å². The minimum atomic E-state index is -0.150. The van der Waals surface area contributed by atoms with E-state index in [1.54, 1.807) is 0 Å². The van der Waals surface area contributed by atoms with Crippen molar-refractivity contribution in [1.29, 1.82) is 0 Å². The molecule has 0 bridgehead atoms. The molecule has 74 valence electrons. The van der Waals surface area contributed by atoms with Crippen LogP contribution >= 0.6 is 0 Å². The molecule has 0 aromatic rings. The van der Waals surface area contributed by atoms with Crippen molar-refractivity contribution in [3.8, 4) is 0 Å². The monoisotopic (exact) mass is 182 g/mol. The zero-order valence-electron chi connectivity index (χ0n) is 8.29. The Labute approximate surface area is 80.3 Å². The molecule has 0 unspecified atom stereocenters. The molecule has 0 saturated carbocycles. The van der Waals surface area contributed by atoms with E-state index in [-0.39, 0.29) is 5.97 Å². The third kappa shape index (κ3) is 8.86. The standard InChI is InChI=1S/C11H18O2/c1-3-5-6-7-8-9-10-11(12)13-4-2/h3,8-9H,1,4-7,10H2,2H3/b9-8+. The van der Waals surface area contributed by atoms with Gasteiger partial charge >= 0.3 is 5.97 Å². The normalized spacial score (nSPS) is 10.2. The second kappa shape index (κ2) is 9.04. The molecule has 0 rings (SSSR count). The van der Waals surface area contributed by atoms with Gasteiger partial charge in [0.25, 0.3) is 0 Å². The minimum Gasteiger partial charge on any atom is -0.466 e. The van der Waals surface area contributed by atoms with Gasteiger partial charge in [0.2, 0.25) is 0 Å². The summed E-state index contributed by atoms with van der Waals surface area (Å²) in [6.45, 7) is 5.91. The first-order valence-corrected chi connectivity index (χ1v) is 4.72. The van der Waals surface area contributed by atoms with Crippen molar-refractivity contribution in [1.82, 2.24) is 0 Å². The van der Waals surface area contributed by atoms with Gasteiger partial charge in [-0.25, -0.2) is 0 Å². The van der Waals surface area contributed by atoms with Gasteiger partial charge in [-0.1, -0.05) is 18.2 Å². The molecule has 2 heteroatoms. The maximum atomic E-state index is 10.8. The third-order valence-electron chi connectivity index (χ3n) is 1.54. The average Bonchev–Trinajstić information content (AvgIpc) is 2.11. The van der Waals surface area contributed by atoms with Crippen molar-refractivity contribution >= 4 is 5.97 Å². The maximum Gasteiger partial charge on any atom is 0.309 e. The summed E-state index contributed by atoms with van der Waals surface area (Å²) in [5.74, 6) is -0.150. The molecular formula is C11H18O2. The van der Waals surface area contributed by atoms with Gasteiger partial charge in [0, 0.05) is 0 Å². The van der Waals surface area contributed by atoms with E-state index in [0.29, 0.717) is 13.0 Å². The number of ether oxygens (including phenoxy) is 1. The summed E-state index contributed by atoms with van der Waals surface area (Å²) < 4.78 is 4.76. The predicted octanol–water partition coefficient (Wildman–Crippen LogP) is 2.85. The highest BCUT2D eigenvalue weighted by Gasteiger charge is 1.95. The topological polar surface area (TPSA) is 26.3 Å². The molecule has 0 aromatic heterocycles. The number of esters is 1. The van der Waals surface area contributed by atoms with Crippen LogP contribution < -0.4 is 0 Å². The quantitative estimate of drug-likeness (QED) is 0.344. The Balaban J connectivity index is 3.29. The number of unbranched alkanes of at least 4 members (excludes halogenated alkanes) is 2. The summed E-state index contributed by atoms with van der Waals surface area (Å²) >= 11 is 0. The number of hydrogen-bond acceptors (Lipinski definition) is 2. The first kappa shape index (κ1) is 11.9. The van der Waals surface area contributed by atoms with Crippen LogP contribution in [0.15, 0.2) is 24.8 Å². The van der Waals surface area contributed by atoms with Crippen LogP contribution in [0.1, 0.15) is 32.6 Å². The largest absolute Gasteiger partial charge is 0.466 e. The lowest BCUT2D eigenvalue weighted by molar-refractivity contribution is -0.142. The van der Waals surface area contributed by atoms with E-state index in [2.05, 4.69) is 6.58 Å². The van der Waals surface area contributed by atoms with Crippen LogP contribution in [0, 0.1) is 0 Å². The fourth-order valence-electron chi connectivity index (χ4n) is 0.897. The first-order chi connectivity index (χ1) is 6.31. The van der Waals surface area contributed by atoms with Crippen molar-refractivity contribution in [3.63, 3.8) is 0 Å². The SMILES string of the molecule is C=CCCC/C=C/CC(=O)OCC. The van der Waals surface area contributed by atoms with Gasteiger partial charge in [-0.3, -0.25) is 4.79 Å². The second-order valence-electron chi connectivity index (χ2n) is 2.70. The van der Waals surface area contributed by atoms with Crippen molar-refractivity contribution < 1.29 is 9.53 Å². The summed E-state index contributed by atoms with van der Waals surface area (Å²) in [5.41, 5.74) is 0. The molecule has 13 heavy (non-hydrogen) atoms. The lowest BCUT2D eigenvalue weighted by Gasteiger charge is -1.96. The minimum absolute atomic E-state index is 0.150. The van der Waals surface area contributed by atoms with Gasteiger partial charge in [-0.15, -0.1) is 6.58 Å². The highest BCUT2D eigenvalue weighted by Crippen LogP contribution is 1.98. The average molecular weight is 182 g/mol. The molecular weight excluding hydrogens is 164 g/mol. The van der Waals surface area contributed by atoms with Gasteiger partial charge in [-0.2, -0.15) is 0 Å². The molecule has 0 aromatic carbocycles. The summed E-state index contributed by atoms with van der Waals surface area (Å²) in [6, 6.07) is 0. The molecule has 0 fully saturated rings. The maximum absolute atomic E-state index is 10.8. The van der Waals surface area contributed by atoms with Gasteiger partial charge in [0.05, 0.1) is 13.0 Å². The zero-order chi connectivity index (χ0) is 9.94. The Bertz CT molecular complexity index is 171. The Morgan fingerprint density at radius 2 is 2.15 bits per heavy atom. The van der Waals surface area contributed by atoms with E-state index in [9.17, 15) is 4.79 Å². The van der Waals surface area contributed by atoms with E-state index in [4.69, 9.17) is 4.74 Å². The number of hydrogen-bond donors (Lipinski definition) is 0. The van der Waals surface area contributed by atoms with Crippen LogP contribution in [-0.2, 0) is 9.53 Å². The van der Waals surface area contributed by atoms with Gasteiger partial charge in [-0.05, 0) is 26.2 Å². The predicted molar refractivity (Wildman–Crippen MR) is 54.4 cm³/mol. The van der Waals surface area contributed by atoms with E-state index in [1.165, 1.54) is 0 Å². The molecule has 0 aliphatic carbocycles. The number of carbonyl (C=O) groups excluding carboxylic acids is 1. The van der Waals surface area contributed by atoms with E-state index >= 15 is 0 Å². The number of rotatable bonds is 7. The molecule has 0 aliphatic rings. The molecule has 0 spiro atoms. The van der Waals surface area contributed by atoms with Crippen molar-refractivity contribution in [2.45, 2.75) is 32.6 Å². The highest BCUT2D eigenvalue weighted by atomic mass is 16.5. The van der Waals surface area contributed by atoms with E-state index in [1.807, 2.05) is 25.2 Å². The summed E-state index contributed by atoms with van der Waals surface area (Å²) in [5, 5.41) is 0. The molecule has 2 nitrogen and oxygen atoms in total. The summed E-state index contributed by atoms with van der Waals surface area (Å²) in [7, 11) is 0. The van der Waals surface area contributed by atoms with Crippen LogP contribution in [0.2, 0.25) is 0 Å². The van der Waals surface area contributed by atoms with Crippen molar-refractivity contribution in [2.24, 2.45) is 0 Å². The molecule has 0 radical (unpaired) electrons. The molecule has 0 atom stereocenters. The van der Waals surface area contributed by atoms with Crippen LogP contribution in [0.5, 0.6) is 0 Å². The zero-order valence-corrected chi connectivity index (χ0v) is 8.29. The van der Waals surface area contributed by atoms with Crippen LogP contribution in [-0.4, -0.2) is 12.6 Å². The molecule has 0 amide bonds. The highest BCUT2D eigenvalue weighted by molar-refractivity contribution is 5.71. The molecule has 0 saturated heterocycles. The van der Waals surface area contributed by atoms with Crippen LogP contribution in [0.3, 0.4) is 0 Å². The van der Waals surface area contributed by atoms with E-state index < -0.39 is 0 Å². The Morgan fingerprint density at radius 3 is 2.77 bits per heavy atom. The smallest absolute Gasteiger partial charge is 0.309 e. The first-order valence-electron chi connectivity index (χ1n) is 4.72. The van der Waals surface area contributed by atoms with Gasteiger partial charge in [0.15, 0.2) is 0 Å². The van der Waals surface area contributed by atoms with Crippen LogP contribution in [0.4, 0.5) is 0 Å². The Hall–Kier alpha value is -1.05.